The minimum atomic E-state index is -0.549. The van der Waals surface area contributed by atoms with Gasteiger partial charge in [0.1, 0.15) is 10.7 Å². The number of hydrogen-bond acceptors (Lipinski definition) is 5. The molecule has 2 rings (SSSR count). The fourth-order valence-corrected chi connectivity index (χ4v) is 2.17. The van der Waals surface area contributed by atoms with Crippen LogP contribution in [-0.2, 0) is 0 Å². The van der Waals surface area contributed by atoms with Gasteiger partial charge in [0.2, 0.25) is 0 Å². The van der Waals surface area contributed by atoms with E-state index in [2.05, 4.69) is 11.9 Å². The molecule has 1 atom stereocenters. The van der Waals surface area contributed by atoms with Gasteiger partial charge in [0.15, 0.2) is 0 Å². The molecule has 110 valence electrons. The molecule has 0 aromatic carbocycles. The highest BCUT2D eigenvalue weighted by molar-refractivity contribution is 5.44. The molecule has 0 aliphatic rings. The van der Waals surface area contributed by atoms with Gasteiger partial charge < -0.3 is 9.32 Å². The highest BCUT2D eigenvalue weighted by atomic mass is 16.6. The maximum Gasteiger partial charge on any atom is 0.433 e. The smallest absolute Gasteiger partial charge is 0.401 e. The SMILES string of the molecule is CCC(c1ccncc1)N(C)C=Cc1ccc([N+](=O)[O-])o1. The van der Waals surface area contributed by atoms with Gasteiger partial charge in [-0.05, 0) is 36.3 Å². The molecule has 0 fully saturated rings. The van der Waals surface area contributed by atoms with Crippen LogP contribution in [-0.4, -0.2) is 21.9 Å². The van der Waals surface area contributed by atoms with Crippen molar-refractivity contribution in [3.63, 3.8) is 0 Å². The van der Waals surface area contributed by atoms with Gasteiger partial charge in [-0.25, -0.2) is 0 Å². The molecule has 6 nitrogen and oxygen atoms in total. The van der Waals surface area contributed by atoms with E-state index in [1.54, 1.807) is 24.5 Å². The number of hydrogen-bond donors (Lipinski definition) is 0. The van der Waals surface area contributed by atoms with Crippen LogP contribution in [0.5, 0.6) is 0 Å². The zero-order valence-corrected chi connectivity index (χ0v) is 12.0. The lowest BCUT2D eigenvalue weighted by Gasteiger charge is -2.26. The molecule has 2 aromatic rings. The van der Waals surface area contributed by atoms with Crippen molar-refractivity contribution in [2.24, 2.45) is 0 Å². The molecular formula is C15H17N3O3. The molecule has 6 heteroatoms. The number of furan rings is 1. The molecule has 0 aliphatic carbocycles. The normalized spacial score (nSPS) is 12.5. The molecule has 0 aliphatic heterocycles. The van der Waals surface area contributed by atoms with Crippen LogP contribution in [0.3, 0.4) is 0 Å². The number of nitro groups is 1. The Labute approximate surface area is 122 Å². The van der Waals surface area contributed by atoms with E-state index in [0.29, 0.717) is 5.76 Å². The highest BCUT2D eigenvalue weighted by Gasteiger charge is 2.13. The molecular weight excluding hydrogens is 270 g/mol. The number of nitrogens with zero attached hydrogens (tertiary/aromatic N) is 3. The molecule has 0 spiro atoms. The summed E-state index contributed by atoms with van der Waals surface area (Å²) in [6.45, 7) is 2.10. The Morgan fingerprint density at radius 1 is 1.38 bits per heavy atom. The van der Waals surface area contributed by atoms with Gasteiger partial charge in [-0.15, -0.1) is 0 Å². The number of pyridine rings is 1. The molecule has 0 saturated heterocycles. The highest BCUT2D eigenvalue weighted by Crippen LogP contribution is 2.23. The second-order valence-electron chi connectivity index (χ2n) is 4.62. The van der Waals surface area contributed by atoms with Crippen molar-refractivity contribution in [3.05, 3.63) is 64.3 Å². The van der Waals surface area contributed by atoms with E-state index in [4.69, 9.17) is 4.42 Å². The lowest BCUT2D eigenvalue weighted by molar-refractivity contribution is -0.402. The van der Waals surface area contributed by atoms with E-state index in [1.165, 1.54) is 11.6 Å². The van der Waals surface area contributed by atoms with Crippen LogP contribution in [0.2, 0.25) is 0 Å². The summed E-state index contributed by atoms with van der Waals surface area (Å²) >= 11 is 0. The number of rotatable bonds is 6. The molecule has 0 amide bonds. The van der Waals surface area contributed by atoms with E-state index in [-0.39, 0.29) is 11.9 Å². The van der Waals surface area contributed by atoms with Crippen LogP contribution in [0, 0.1) is 10.1 Å². The molecule has 2 heterocycles. The molecule has 0 N–H and O–H groups in total. The summed E-state index contributed by atoms with van der Waals surface area (Å²) in [5.41, 5.74) is 1.17. The van der Waals surface area contributed by atoms with Crippen molar-refractivity contribution in [1.29, 1.82) is 0 Å². The van der Waals surface area contributed by atoms with Gasteiger partial charge in [-0.1, -0.05) is 6.92 Å². The lowest BCUT2D eigenvalue weighted by Crippen LogP contribution is -2.18. The maximum absolute atomic E-state index is 10.6. The third-order valence-corrected chi connectivity index (χ3v) is 3.24. The summed E-state index contributed by atoms with van der Waals surface area (Å²) in [4.78, 5) is 16.1. The average Bonchev–Trinajstić information content (AvgIpc) is 2.96. The van der Waals surface area contributed by atoms with Crippen molar-refractivity contribution in [2.75, 3.05) is 7.05 Å². The van der Waals surface area contributed by atoms with Crippen LogP contribution in [0.4, 0.5) is 5.88 Å². The van der Waals surface area contributed by atoms with Crippen LogP contribution in [0.1, 0.15) is 30.7 Å². The first-order chi connectivity index (χ1) is 10.1. The number of aromatic nitrogens is 1. The minimum absolute atomic E-state index is 0.217. The quantitative estimate of drug-likeness (QED) is 0.599. The topological polar surface area (TPSA) is 72.4 Å². The Hall–Kier alpha value is -2.63. The Morgan fingerprint density at radius 2 is 2.10 bits per heavy atom. The second kappa shape index (κ2) is 6.69. The van der Waals surface area contributed by atoms with E-state index in [0.717, 1.165) is 6.42 Å². The third-order valence-electron chi connectivity index (χ3n) is 3.24. The van der Waals surface area contributed by atoms with E-state index in [1.807, 2.05) is 30.3 Å². The average molecular weight is 287 g/mol. The second-order valence-corrected chi connectivity index (χ2v) is 4.62. The molecule has 0 radical (unpaired) electrons. The molecule has 1 unspecified atom stereocenters. The fraction of sp³-hybridized carbons (Fsp3) is 0.267. The van der Waals surface area contributed by atoms with Gasteiger partial charge in [0, 0.05) is 25.6 Å². The van der Waals surface area contributed by atoms with Gasteiger partial charge in [-0.2, -0.15) is 0 Å². The summed E-state index contributed by atoms with van der Waals surface area (Å²) in [5, 5.41) is 10.6. The molecule has 0 bridgehead atoms. The van der Waals surface area contributed by atoms with Crippen molar-refractivity contribution in [2.45, 2.75) is 19.4 Å². The van der Waals surface area contributed by atoms with Crippen molar-refractivity contribution < 1.29 is 9.34 Å². The first kappa shape index (κ1) is 14.8. The monoisotopic (exact) mass is 287 g/mol. The minimum Gasteiger partial charge on any atom is -0.401 e. The van der Waals surface area contributed by atoms with E-state index < -0.39 is 4.92 Å². The maximum atomic E-state index is 10.6. The fourth-order valence-electron chi connectivity index (χ4n) is 2.17. The van der Waals surface area contributed by atoms with Gasteiger partial charge in [0.05, 0.1) is 12.1 Å². The Morgan fingerprint density at radius 3 is 2.67 bits per heavy atom. The molecule has 21 heavy (non-hydrogen) atoms. The summed E-state index contributed by atoms with van der Waals surface area (Å²) in [5.74, 6) is 0.205. The Kier molecular flexibility index (Phi) is 4.71. The molecule has 2 aromatic heterocycles. The summed E-state index contributed by atoms with van der Waals surface area (Å²) in [6, 6.07) is 7.11. The Balaban J connectivity index is 2.09. The predicted molar refractivity (Wildman–Crippen MR) is 79.4 cm³/mol. The van der Waals surface area contributed by atoms with E-state index in [9.17, 15) is 10.1 Å². The molecule has 0 saturated carbocycles. The standard InChI is InChI=1S/C15H17N3O3/c1-3-14(12-6-9-16-10-7-12)17(2)11-8-13-4-5-15(21-13)18(19)20/h4-11,14H,3H2,1-2H3. The lowest BCUT2D eigenvalue weighted by atomic mass is 10.1. The van der Waals surface area contributed by atoms with Crippen LogP contribution in [0.15, 0.2) is 47.3 Å². The van der Waals surface area contributed by atoms with Gasteiger partial charge in [-0.3, -0.25) is 15.1 Å². The van der Waals surface area contributed by atoms with Crippen LogP contribution in [0.25, 0.3) is 6.08 Å². The summed E-state index contributed by atoms with van der Waals surface area (Å²) in [6.07, 6.45) is 8.05. The summed E-state index contributed by atoms with van der Waals surface area (Å²) < 4.78 is 5.09. The first-order valence-corrected chi connectivity index (χ1v) is 6.66. The first-order valence-electron chi connectivity index (χ1n) is 6.66. The van der Waals surface area contributed by atoms with Crippen LogP contribution < -0.4 is 0 Å². The third kappa shape index (κ3) is 3.68. The zero-order valence-electron chi connectivity index (χ0n) is 12.0. The van der Waals surface area contributed by atoms with Crippen molar-refractivity contribution in [3.8, 4) is 0 Å². The predicted octanol–water partition coefficient (Wildman–Crippen LogP) is 3.64. The van der Waals surface area contributed by atoms with Crippen molar-refractivity contribution >= 4 is 12.0 Å². The van der Waals surface area contributed by atoms with Gasteiger partial charge >= 0.3 is 5.88 Å². The zero-order chi connectivity index (χ0) is 15.2. The van der Waals surface area contributed by atoms with Gasteiger partial charge in [0.25, 0.3) is 0 Å². The summed E-state index contributed by atoms with van der Waals surface area (Å²) in [7, 11) is 1.96. The Bertz CT molecular complexity index is 622. The largest absolute Gasteiger partial charge is 0.433 e. The van der Waals surface area contributed by atoms with Crippen LogP contribution >= 0.6 is 0 Å². The van der Waals surface area contributed by atoms with E-state index >= 15 is 0 Å². The van der Waals surface area contributed by atoms with Crippen molar-refractivity contribution in [1.82, 2.24) is 9.88 Å².